The van der Waals surface area contributed by atoms with E-state index in [9.17, 15) is 17.6 Å². The quantitative estimate of drug-likeness (QED) is 0.822. The Morgan fingerprint density at radius 2 is 2.10 bits per heavy atom. The van der Waals surface area contributed by atoms with Crippen molar-refractivity contribution in [2.75, 3.05) is 11.6 Å². The number of primary amides is 1. The van der Waals surface area contributed by atoms with Gasteiger partial charge in [-0.1, -0.05) is 0 Å². The molecular formula is C13H13FN2O3S2. The Balaban J connectivity index is 2.17. The Labute approximate surface area is 125 Å². The molecule has 0 bridgehead atoms. The molecule has 1 aromatic heterocycles. The fourth-order valence-electron chi connectivity index (χ4n) is 1.66. The van der Waals surface area contributed by atoms with Crippen molar-refractivity contribution in [3.05, 3.63) is 45.9 Å². The van der Waals surface area contributed by atoms with E-state index in [-0.39, 0.29) is 17.1 Å². The first-order valence-corrected chi connectivity index (χ1v) is 8.65. The predicted octanol–water partition coefficient (Wildman–Crippen LogP) is 2.00. The lowest BCUT2D eigenvalue weighted by Gasteiger charge is -2.08. The summed E-state index contributed by atoms with van der Waals surface area (Å²) in [7, 11) is -3.40. The van der Waals surface area contributed by atoms with Crippen LogP contribution < -0.4 is 11.1 Å². The number of hydrogen-bond donors (Lipinski definition) is 2. The van der Waals surface area contributed by atoms with E-state index < -0.39 is 21.6 Å². The molecule has 0 saturated heterocycles. The molecule has 0 aliphatic carbocycles. The third-order valence-corrected chi connectivity index (χ3v) is 4.80. The number of amides is 1. The van der Waals surface area contributed by atoms with Crippen molar-refractivity contribution < 1.29 is 17.6 Å². The van der Waals surface area contributed by atoms with Gasteiger partial charge in [0.1, 0.15) is 5.82 Å². The number of carbonyl (C=O) groups is 1. The summed E-state index contributed by atoms with van der Waals surface area (Å²) in [5.74, 6) is -1.07. The minimum Gasteiger partial charge on any atom is -0.378 e. The van der Waals surface area contributed by atoms with Gasteiger partial charge in [0, 0.05) is 23.1 Å². The Morgan fingerprint density at radius 3 is 2.67 bits per heavy atom. The van der Waals surface area contributed by atoms with Gasteiger partial charge >= 0.3 is 0 Å². The highest BCUT2D eigenvalue weighted by atomic mass is 32.2. The van der Waals surface area contributed by atoms with Crippen molar-refractivity contribution in [2.45, 2.75) is 11.4 Å². The first-order valence-electron chi connectivity index (χ1n) is 5.88. The molecule has 0 fully saturated rings. The maximum absolute atomic E-state index is 13.7. The lowest BCUT2D eigenvalue weighted by atomic mass is 10.3. The van der Waals surface area contributed by atoms with Gasteiger partial charge in [0.05, 0.1) is 16.1 Å². The third kappa shape index (κ3) is 3.79. The van der Waals surface area contributed by atoms with Crippen LogP contribution >= 0.6 is 11.3 Å². The monoisotopic (exact) mass is 328 g/mol. The zero-order valence-corrected chi connectivity index (χ0v) is 12.7. The van der Waals surface area contributed by atoms with Gasteiger partial charge in [-0.05, 0) is 24.3 Å². The van der Waals surface area contributed by atoms with Crippen molar-refractivity contribution in [2.24, 2.45) is 5.73 Å². The second-order valence-corrected chi connectivity index (χ2v) is 7.44. The fraction of sp³-hybridized carbons (Fsp3) is 0.154. The van der Waals surface area contributed by atoms with Gasteiger partial charge < -0.3 is 11.1 Å². The molecule has 2 rings (SSSR count). The lowest BCUT2D eigenvalue weighted by molar-refractivity contribution is 0.100. The zero-order valence-electron chi connectivity index (χ0n) is 11.1. The minimum absolute atomic E-state index is 0.0374. The van der Waals surface area contributed by atoms with Gasteiger partial charge in [-0.3, -0.25) is 4.79 Å². The summed E-state index contributed by atoms with van der Waals surface area (Å²) in [6.45, 7) is 0.266. The van der Waals surface area contributed by atoms with E-state index in [1.54, 1.807) is 11.4 Å². The molecule has 0 radical (unpaired) electrons. The highest BCUT2D eigenvalue weighted by Gasteiger charge is 2.11. The molecule has 1 aromatic carbocycles. The number of carbonyl (C=O) groups excluding carboxylic acids is 1. The van der Waals surface area contributed by atoms with Crippen molar-refractivity contribution in [3.8, 4) is 0 Å². The number of benzene rings is 1. The third-order valence-electron chi connectivity index (χ3n) is 2.76. The number of halogens is 1. The van der Waals surface area contributed by atoms with Crippen LogP contribution in [0.2, 0.25) is 0 Å². The normalized spacial score (nSPS) is 11.3. The Hall–Kier alpha value is -1.93. The van der Waals surface area contributed by atoms with Crippen LogP contribution in [0.15, 0.2) is 34.5 Å². The maximum atomic E-state index is 13.7. The highest BCUT2D eigenvalue weighted by Crippen LogP contribution is 2.22. The van der Waals surface area contributed by atoms with E-state index in [0.717, 1.165) is 17.2 Å². The Bertz CT molecular complexity index is 784. The molecule has 21 heavy (non-hydrogen) atoms. The molecule has 0 unspecified atom stereocenters. The zero-order chi connectivity index (χ0) is 15.6. The number of hydrogen-bond acceptors (Lipinski definition) is 5. The van der Waals surface area contributed by atoms with Crippen molar-refractivity contribution in [3.63, 3.8) is 0 Å². The van der Waals surface area contributed by atoms with Gasteiger partial charge in [-0.25, -0.2) is 12.8 Å². The SMILES string of the molecule is CS(=O)(=O)c1ccc(F)c(NCc2cc(C(N)=O)cs2)c1. The maximum Gasteiger partial charge on any atom is 0.249 e. The molecule has 0 aliphatic rings. The van der Waals surface area contributed by atoms with E-state index in [1.807, 2.05) is 0 Å². The molecule has 0 saturated carbocycles. The molecule has 3 N–H and O–H groups in total. The molecule has 0 spiro atoms. The number of nitrogens with two attached hydrogens (primary N) is 1. The van der Waals surface area contributed by atoms with E-state index in [2.05, 4.69) is 5.32 Å². The van der Waals surface area contributed by atoms with Crippen molar-refractivity contribution in [1.82, 2.24) is 0 Å². The van der Waals surface area contributed by atoms with Crippen molar-refractivity contribution in [1.29, 1.82) is 0 Å². The summed E-state index contributed by atoms with van der Waals surface area (Å²) in [4.78, 5) is 11.8. The number of anilines is 1. The molecule has 0 atom stereocenters. The van der Waals surface area contributed by atoms with Crippen LogP contribution in [0.4, 0.5) is 10.1 Å². The van der Waals surface area contributed by atoms with Crippen LogP contribution in [0.1, 0.15) is 15.2 Å². The lowest BCUT2D eigenvalue weighted by Crippen LogP contribution is -2.09. The highest BCUT2D eigenvalue weighted by molar-refractivity contribution is 7.90. The molecule has 1 heterocycles. The van der Waals surface area contributed by atoms with Gasteiger partial charge in [-0.15, -0.1) is 11.3 Å². The van der Waals surface area contributed by atoms with Gasteiger partial charge in [0.15, 0.2) is 9.84 Å². The van der Waals surface area contributed by atoms with E-state index in [0.29, 0.717) is 5.56 Å². The van der Waals surface area contributed by atoms with Crippen LogP contribution in [-0.4, -0.2) is 20.6 Å². The van der Waals surface area contributed by atoms with Gasteiger partial charge in [0.25, 0.3) is 0 Å². The predicted molar refractivity (Wildman–Crippen MR) is 79.7 cm³/mol. The van der Waals surface area contributed by atoms with Gasteiger partial charge in [0.2, 0.25) is 5.91 Å². The summed E-state index contributed by atoms with van der Waals surface area (Å²) in [5.41, 5.74) is 5.63. The van der Waals surface area contributed by atoms with E-state index >= 15 is 0 Å². The van der Waals surface area contributed by atoms with E-state index in [1.165, 1.54) is 23.5 Å². The molecule has 2 aromatic rings. The van der Waals surface area contributed by atoms with Gasteiger partial charge in [-0.2, -0.15) is 0 Å². The van der Waals surface area contributed by atoms with Crippen LogP contribution in [0, 0.1) is 5.82 Å². The van der Waals surface area contributed by atoms with Crippen LogP contribution in [-0.2, 0) is 16.4 Å². The Morgan fingerprint density at radius 1 is 1.38 bits per heavy atom. The summed E-state index contributed by atoms with van der Waals surface area (Å²) in [6, 6.07) is 5.17. The second kappa shape index (κ2) is 5.82. The largest absolute Gasteiger partial charge is 0.378 e. The minimum atomic E-state index is -3.40. The molecule has 1 amide bonds. The standard InChI is InChI=1S/C13H13FN2O3S2/c1-21(18,19)10-2-3-11(14)12(5-10)16-6-9-4-8(7-20-9)13(15)17/h2-5,7,16H,6H2,1H3,(H2,15,17). The average molecular weight is 328 g/mol. The smallest absolute Gasteiger partial charge is 0.249 e. The first kappa shape index (κ1) is 15.5. The number of nitrogens with one attached hydrogen (secondary N) is 1. The fourth-order valence-corrected chi connectivity index (χ4v) is 3.12. The second-order valence-electron chi connectivity index (χ2n) is 4.43. The molecule has 5 nitrogen and oxygen atoms in total. The number of rotatable bonds is 5. The topological polar surface area (TPSA) is 89.3 Å². The molecule has 8 heteroatoms. The summed E-state index contributed by atoms with van der Waals surface area (Å²) in [6.07, 6.45) is 1.06. The molecular weight excluding hydrogens is 315 g/mol. The Kier molecular flexibility index (Phi) is 4.29. The van der Waals surface area contributed by atoms with Crippen LogP contribution in [0.3, 0.4) is 0 Å². The summed E-state index contributed by atoms with van der Waals surface area (Å²) < 4.78 is 36.6. The summed E-state index contributed by atoms with van der Waals surface area (Å²) in [5, 5.41) is 4.43. The first-order chi connectivity index (χ1) is 9.77. The summed E-state index contributed by atoms with van der Waals surface area (Å²) >= 11 is 1.31. The number of thiophene rings is 1. The van der Waals surface area contributed by atoms with Crippen LogP contribution in [0.5, 0.6) is 0 Å². The van der Waals surface area contributed by atoms with E-state index in [4.69, 9.17) is 5.73 Å². The van der Waals surface area contributed by atoms with Crippen molar-refractivity contribution >= 4 is 32.8 Å². The van der Waals surface area contributed by atoms with Crippen LogP contribution in [0.25, 0.3) is 0 Å². The molecule has 0 aliphatic heterocycles. The number of sulfone groups is 1. The molecule has 112 valence electrons. The average Bonchev–Trinajstić information content (AvgIpc) is 2.85.